The summed E-state index contributed by atoms with van der Waals surface area (Å²) in [6.07, 6.45) is -0.528. The Bertz CT molecular complexity index is 2210. The molecule has 6 heterocycles. The molecule has 0 aliphatic heterocycles. The van der Waals surface area contributed by atoms with E-state index in [9.17, 15) is 9.59 Å². The molecule has 70 heavy (non-hydrogen) atoms. The molecule has 14 nitrogen and oxygen atoms in total. The van der Waals surface area contributed by atoms with Gasteiger partial charge in [-0.3, -0.25) is 0 Å². The molecule has 0 saturated carbocycles. The van der Waals surface area contributed by atoms with Crippen molar-refractivity contribution in [2.75, 3.05) is 133 Å². The Morgan fingerprint density at radius 2 is 0.571 bits per heavy atom. The zero-order chi connectivity index (χ0) is 49.2. The molecule has 0 bridgehead atoms. The fourth-order valence-corrected chi connectivity index (χ4v) is 12.5. The van der Waals surface area contributed by atoms with Gasteiger partial charge in [0.2, 0.25) is 0 Å². The van der Waals surface area contributed by atoms with E-state index in [-0.39, 0.29) is 37.4 Å². The van der Waals surface area contributed by atoms with E-state index in [1.165, 1.54) is 51.9 Å². The summed E-state index contributed by atoms with van der Waals surface area (Å²) in [4.78, 5) is 38.2. The van der Waals surface area contributed by atoms with E-state index in [0.717, 1.165) is 19.5 Å². The summed E-state index contributed by atoms with van der Waals surface area (Å²) >= 11 is 9.81. The van der Waals surface area contributed by atoms with Crippen molar-refractivity contribution in [2.45, 2.75) is 26.1 Å². The molecule has 0 radical (unpaired) electrons. The van der Waals surface area contributed by atoms with Crippen molar-refractivity contribution in [2.24, 2.45) is 0 Å². The molecular weight excluding hydrogens is 1020 g/mol. The smallest absolute Gasteiger partial charge is 0.348 e. The van der Waals surface area contributed by atoms with Crippen molar-refractivity contribution < 1.29 is 66.4 Å². The molecule has 0 unspecified atom stereocenters. The lowest BCUT2D eigenvalue weighted by Gasteiger charge is -2.13. The van der Waals surface area contributed by atoms with Crippen molar-refractivity contribution >= 4 is 80.0 Å². The van der Waals surface area contributed by atoms with Crippen LogP contribution in [0.3, 0.4) is 0 Å². The summed E-state index contributed by atoms with van der Waals surface area (Å²) in [6, 6.07) is 24.8. The van der Waals surface area contributed by atoms with E-state index in [0.29, 0.717) is 115 Å². The fraction of sp³-hybridized carbons (Fsp3) is 0.480. The molecule has 0 aliphatic carbocycles. The van der Waals surface area contributed by atoms with Gasteiger partial charge in [-0.25, -0.2) is 9.59 Å². The minimum absolute atomic E-state index is 0.153. The SMILES string of the molecule is COCCOCCOCCOCCO[C@H](C)COC(=O)c1ccc(-c2ccc(-c3ccc(-c4ccc(-c5ccc(-c6ccc(C(=O)OC[C@H](C)OCCOCCOCCOCCOC)s6)s5)s4)s3)s2)s1. The Labute approximate surface area is 434 Å². The van der Waals surface area contributed by atoms with Crippen LogP contribution >= 0.6 is 68.0 Å². The lowest BCUT2D eigenvalue weighted by molar-refractivity contribution is -0.0336. The number of thiophene rings is 6. The number of esters is 2. The Kier molecular flexibility index (Phi) is 25.6. The Balaban J connectivity index is 0.873. The third-order valence-electron chi connectivity index (χ3n) is 9.76. The van der Waals surface area contributed by atoms with Gasteiger partial charge in [-0.1, -0.05) is 0 Å². The average Bonchev–Trinajstić information content (AvgIpc) is 4.22. The number of hydrogen-bond donors (Lipinski definition) is 0. The molecular formula is C50H62O14S6. The second-order valence-corrected chi connectivity index (χ2v) is 21.7. The van der Waals surface area contributed by atoms with Crippen LogP contribution in [0.1, 0.15) is 33.2 Å². The maximum Gasteiger partial charge on any atom is 0.348 e. The van der Waals surface area contributed by atoms with Gasteiger partial charge in [0.15, 0.2) is 0 Å². The maximum absolute atomic E-state index is 12.9. The predicted octanol–water partition coefficient (Wildman–Crippen LogP) is 10.9. The first-order valence-corrected chi connectivity index (χ1v) is 27.8. The molecule has 0 aliphatic rings. The van der Waals surface area contributed by atoms with E-state index >= 15 is 0 Å². The van der Waals surface area contributed by atoms with Gasteiger partial charge in [0.1, 0.15) is 23.0 Å². The van der Waals surface area contributed by atoms with Crippen molar-refractivity contribution in [3.8, 4) is 48.8 Å². The summed E-state index contributed by atoms with van der Waals surface area (Å²) in [5.41, 5.74) is 0. The number of rotatable bonds is 37. The summed E-state index contributed by atoms with van der Waals surface area (Å²) < 4.78 is 65.2. The van der Waals surface area contributed by atoms with Crippen LogP contribution in [0.25, 0.3) is 48.8 Å². The van der Waals surface area contributed by atoms with E-state index in [2.05, 4.69) is 48.5 Å². The van der Waals surface area contributed by atoms with E-state index in [1.807, 2.05) is 38.1 Å². The molecule has 382 valence electrons. The van der Waals surface area contributed by atoms with Gasteiger partial charge >= 0.3 is 11.9 Å². The quantitative estimate of drug-likeness (QED) is 0.0269. The molecule has 0 N–H and O–H groups in total. The van der Waals surface area contributed by atoms with E-state index < -0.39 is 0 Å². The molecule has 0 spiro atoms. The monoisotopic (exact) mass is 1080 g/mol. The minimum Gasteiger partial charge on any atom is -0.459 e. The first-order chi connectivity index (χ1) is 34.3. The zero-order valence-corrected chi connectivity index (χ0v) is 44.9. The molecule has 0 amide bonds. The average molecular weight is 1080 g/mol. The van der Waals surface area contributed by atoms with Gasteiger partial charge in [0.05, 0.1) is 118 Å². The lowest BCUT2D eigenvalue weighted by Crippen LogP contribution is -2.21. The van der Waals surface area contributed by atoms with Gasteiger partial charge in [0.25, 0.3) is 0 Å². The highest BCUT2D eigenvalue weighted by atomic mass is 32.1. The molecule has 6 rings (SSSR count). The standard InChI is InChI=1S/C50H62O14S6/c1-35(61-31-29-59-27-25-57-23-21-55-19-17-53-3)33-63-49(51)47-15-13-45(69-47)43-11-9-41(67-43)39-7-5-37(65-39)38-6-8-40(66-38)42-10-12-44(68-42)46-14-16-48(70-46)50(52)64-34-36(2)62-32-30-60-28-26-58-24-22-56-20-18-54-4/h5-16,35-36H,17-34H2,1-4H3/t35-,36+. The van der Waals surface area contributed by atoms with E-state index in [4.69, 9.17) is 56.8 Å². The van der Waals surface area contributed by atoms with Crippen LogP contribution in [0, 0.1) is 0 Å². The van der Waals surface area contributed by atoms with Crippen molar-refractivity contribution in [1.82, 2.24) is 0 Å². The highest BCUT2D eigenvalue weighted by molar-refractivity contribution is 7.30. The maximum atomic E-state index is 12.9. The molecule has 6 aromatic rings. The third kappa shape index (κ3) is 19.3. The highest BCUT2D eigenvalue weighted by Crippen LogP contribution is 2.46. The Morgan fingerprint density at radius 1 is 0.343 bits per heavy atom. The number of hydrogen-bond acceptors (Lipinski definition) is 20. The van der Waals surface area contributed by atoms with E-state index in [1.54, 1.807) is 59.6 Å². The van der Waals surface area contributed by atoms with Crippen LogP contribution in [0.5, 0.6) is 0 Å². The highest BCUT2D eigenvalue weighted by Gasteiger charge is 2.18. The van der Waals surface area contributed by atoms with Crippen LogP contribution in [0.2, 0.25) is 0 Å². The molecule has 0 saturated heterocycles. The van der Waals surface area contributed by atoms with Crippen LogP contribution in [0.4, 0.5) is 0 Å². The molecule has 0 fully saturated rings. The van der Waals surface area contributed by atoms with Crippen LogP contribution < -0.4 is 0 Å². The molecule has 6 aromatic heterocycles. The largest absolute Gasteiger partial charge is 0.459 e. The van der Waals surface area contributed by atoms with Crippen LogP contribution in [-0.2, 0) is 56.8 Å². The fourth-order valence-electron chi connectivity index (χ4n) is 6.18. The lowest BCUT2D eigenvalue weighted by atomic mass is 10.3. The Morgan fingerprint density at radius 3 is 0.843 bits per heavy atom. The second-order valence-electron chi connectivity index (χ2n) is 15.2. The van der Waals surface area contributed by atoms with Crippen molar-refractivity contribution in [3.05, 3.63) is 82.6 Å². The first-order valence-electron chi connectivity index (χ1n) is 22.9. The number of methoxy groups -OCH3 is 2. The second kappa shape index (κ2) is 32.0. The minimum atomic E-state index is -0.361. The number of carbonyl (C=O) groups excluding carboxylic acids is 2. The van der Waals surface area contributed by atoms with Gasteiger partial charge in [-0.15, -0.1) is 68.0 Å². The van der Waals surface area contributed by atoms with Crippen molar-refractivity contribution in [3.63, 3.8) is 0 Å². The topological polar surface area (TPSA) is 145 Å². The third-order valence-corrected chi connectivity index (χ3v) is 17.2. The number of carbonyl (C=O) groups is 2. The van der Waals surface area contributed by atoms with Gasteiger partial charge in [-0.2, -0.15) is 0 Å². The van der Waals surface area contributed by atoms with Gasteiger partial charge < -0.3 is 56.8 Å². The summed E-state index contributed by atoms with van der Waals surface area (Å²) in [5, 5.41) is 0. The molecule has 20 heteroatoms. The normalized spacial score (nSPS) is 12.5. The van der Waals surface area contributed by atoms with Crippen molar-refractivity contribution in [1.29, 1.82) is 0 Å². The molecule has 0 aromatic carbocycles. The molecule has 2 atom stereocenters. The summed E-state index contributed by atoms with van der Waals surface area (Å²) in [6.45, 7) is 11.9. The predicted molar refractivity (Wildman–Crippen MR) is 281 cm³/mol. The number of ether oxygens (including phenoxy) is 12. The van der Waals surface area contributed by atoms with Crippen LogP contribution in [0.15, 0.2) is 72.8 Å². The Hall–Kier alpha value is -3.26. The summed E-state index contributed by atoms with van der Waals surface area (Å²) in [7, 11) is 3.28. The van der Waals surface area contributed by atoms with Crippen LogP contribution in [-0.4, -0.2) is 157 Å². The summed E-state index contributed by atoms with van der Waals surface area (Å²) in [5.74, 6) is -0.722. The zero-order valence-electron chi connectivity index (χ0n) is 40.0. The van der Waals surface area contributed by atoms with Gasteiger partial charge in [-0.05, 0) is 86.6 Å². The first kappa shape index (κ1) is 56.0. The van der Waals surface area contributed by atoms with Gasteiger partial charge in [0, 0.05) is 63.0 Å².